The molecule has 0 saturated carbocycles. The van der Waals surface area contributed by atoms with Gasteiger partial charge in [-0.05, 0) is 36.2 Å². The number of aromatic nitrogens is 2. The van der Waals surface area contributed by atoms with Crippen molar-refractivity contribution >= 4 is 34.3 Å². The molecular weight excluding hydrogens is 406 g/mol. The van der Waals surface area contributed by atoms with E-state index in [0.29, 0.717) is 11.9 Å². The van der Waals surface area contributed by atoms with E-state index < -0.39 is 0 Å². The second kappa shape index (κ2) is 9.76. The van der Waals surface area contributed by atoms with Crippen LogP contribution in [-0.2, 0) is 17.0 Å². The van der Waals surface area contributed by atoms with Crippen LogP contribution in [0, 0.1) is 0 Å². The van der Waals surface area contributed by atoms with E-state index in [-0.39, 0.29) is 5.56 Å². The Bertz CT molecular complexity index is 1030. The van der Waals surface area contributed by atoms with Crippen LogP contribution in [0.2, 0.25) is 5.02 Å². The number of hydrogen-bond acceptors (Lipinski definition) is 5. The molecule has 1 aromatic heterocycles. The van der Waals surface area contributed by atoms with E-state index in [9.17, 15) is 4.79 Å². The SMILES string of the molecule is O=c1c2ccccc2nc(SCc2cccc(Cl)c2)n1CCCN1CCOCC1. The molecule has 3 aromatic rings. The fraction of sp³-hybridized carbons (Fsp3) is 0.364. The van der Waals surface area contributed by atoms with Crippen molar-refractivity contribution < 1.29 is 4.74 Å². The first-order chi connectivity index (χ1) is 14.2. The van der Waals surface area contributed by atoms with Crippen LogP contribution >= 0.6 is 23.4 Å². The standard InChI is InChI=1S/C22H24ClN3O2S/c23-18-6-3-5-17(15-18)16-29-22-24-20-8-2-1-7-19(20)21(27)26(22)10-4-9-25-11-13-28-14-12-25/h1-3,5-8,15H,4,9-14,16H2. The van der Waals surface area contributed by atoms with Crippen molar-refractivity contribution in [3.63, 3.8) is 0 Å². The van der Waals surface area contributed by atoms with Crippen molar-refractivity contribution in [1.82, 2.24) is 14.5 Å². The predicted molar refractivity (Wildman–Crippen MR) is 119 cm³/mol. The molecule has 7 heteroatoms. The summed E-state index contributed by atoms with van der Waals surface area (Å²) in [4.78, 5) is 20.3. The van der Waals surface area contributed by atoms with Crippen molar-refractivity contribution in [2.24, 2.45) is 0 Å². The zero-order chi connectivity index (χ0) is 20.1. The van der Waals surface area contributed by atoms with Gasteiger partial charge in [-0.15, -0.1) is 0 Å². The Balaban J connectivity index is 1.55. The van der Waals surface area contributed by atoms with Gasteiger partial charge in [0.25, 0.3) is 5.56 Å². The molecule has 4 rings (SSSR count). The molecule has 0 spiro atoms. The molecule has 1 aliphatic heterocycles. The van der Waals surface area contributed by atoms with Crippen molar-refractivity contribution in [2.75, 3.05) is 32.8 Å². The van der Waals surface area contributed by atoms with Gasteiger partial charge in [-0.2, -0.15) is 0 Å². The van der Waals surface area contributed by atoms with Gasteiger partial charge in [-0.3, -0.25) is 14.3 Å². The van der Waals surface area contributed by atoms with Gasteiger partial charge in [-0.1, -0.05) is 47.6 Å². The summed E-state index contributed by atoms with van der Waals surface area (Å²) in [7, 11) is 0. The summed E-state index contributed by atoms with van der Waals surface area (Å²) in [5, 5.41) is 2.15. The van der Waals surface area contributed by atoms with E-state index in [0.717, 1.165) is 66.3 Å². The number of nitrogens with zero attached hydrogens (tertiary/aromatic N) is 3. The van der Waals surface area contributed by atoms with Crippen molar-refractivity contribution in [1.29, 1.82) is 0 Å². The van der Waals surface area contributed by atoms with Crippen LogP contribution in [0.5, 0.6) is 0 Å². The van der Waals surface area contributed by atoms with E-state index in [2.05, 4.69) is 4.90 Å². The average Bonchev–Trinajstić information content (AvgIpc) is 2.75. The van der Waals surface area contributed by atoms with Crippen LogP contribution < -0.4 is 5.56 Å². The van der Waals surface area contributed by atoms with E-state index in [4.69, 9.17) is 21.3 Å². The number of para-hydroxylation sites is 1. The lowest BCUT2D eigenvalue weighted by Crippen LogP contribution is -2.37. The molecule has 1 fully saturated rings. The number of benzene rings is 2. The van der Waals surface area contributed by atoms with Crippen LogP contribution in [-0.4, -0.2) is 47.3 Å². The van der Waals surface area contributed by atoms with Gasteiger partial charge >= 0.3 is 0 Å². The van der Waals surface area contributed by atoms with Crippen LogP contribution in [0.25, 0.3) is 10.9 Å². The zero-order valence-corrected chi connectivity index (χ0v) is 17.8. The second-order valence-electron chi connectivity index (χ2n) is 7.09. The third-order valence-corrected chi connectivity index (χ3v) is 6.33. The minimum Gasteiger partial charge on any atom is -0.379 e. The smallest absolute Gasteiger partial charge is 0.262 e. The first-order valence-electron chi connectivity index (χ1n) is 9.87. The number of thioether (sulfide) groups is 1. The van der Waals surface area contributed by atoms with Crippen LogP contribution in [0.3, 0.4) is 0 Å². The Kier molecular flexibility index (Phi) is 6.87. The van der Waals surface area contributed by atoms with Gasteiger partial charge in [0, 0.05) is 37.0 Å². The number of morpholine rings is 1. The normalized spacial score (nSPS) is 15.1. The maximum absolute atomic E-state index is 13.2. The fourth-order valence-corrected chi connectivity index (χ4v) is 4.69. The zero-order valence-electron chi connectivity index (χ0n) is 16.2. The first-order valence-corrected chi connectivity index (χ1v) is 11.2. The molecule has 5 nitrogen and oxygen atoms in total. The maximum Gasteiger partial charge on any atom is 0.262 e. The summed E-state index contributed by atoms with van der Waals surface area (Å²) in [5.74, 6) is 0.717. The number of halogens is 1. The van der Waals surface area contributed by atoms with E-state index in [1.807, 2.05) is 53.1 Å². The Morgan fingerprint density at radius 2 is 1.90 bits per heavy atom. The maximum atomic E-state index is 13.2. The highest BCUT2D eigenvalue weighted by molar-refractivity contribution is 7.98. The number of ether oxygens (including phenoxy) is 1. The van der Waals surface area contributed by atoms with Crippen LogP contribution in [0.1, 0.15) is 12.0 Å². The molecule has 0 atom stereocenters. The summed E-state index contributed by atoms with van der Waals surface area (Å²) in [6.07, 6.45) is 0.907. The molecule has 29 heavy (non-hydrogen) atoms. The quantitative estimate of drug-likeness (QED) is 0.418. The lowest BCUT2D eigenvalue weighted by atomic mass is 10.2. The van der Waals surface area contributed by atoms with Gasteiger partial charge in [0.2, 0.25) is 0 Å². The summed E-state index contributed by atoms with van der Waals surface area (Å²) in [6, 6.07) is 15.4. The number of rotatable bonds is 7. The second-order valence-corrected chi connectivity index (χ2v) is 8.47. The highest BCUT2D eigenvalue weighted by Gasteiger charge is 2.14. The average molecular weight is 430 g/mol. The van der Waals surface area contributed by atoms with Crippen molar-refractivity contribution in [3.8, 4) is 0 Å². The molecule has 152 valence electrons. The highest BCUT2D eigenvalue weighted by atomic mass is 35.5. The van der Waals surface area contributed by atoms with Crippen LogP contribution in [0.15, 0.2) is 58.5 Å². The number of fused-ring (bicyclic) bond motifs is 1. The summed E-state index contributed by atoms with van der Waals surface area (Å²) in [6.45, 7) is 5.12. The monoisotopic (exact) mass is 429 g/mol. The fourth-order valence-electron chi connectivity index (χ4n) is 3.51. The molecule has 0 unspecified atom stereocenters. The lowest BCUT2D eigenvalue weighted by molar-refractivity contribution is 0.0368. The van der Waals surface area contributed by atoms with E-state index in [1.54, 1.807) is 11.8 Å². The van der Waals surface area contributed by atoms with Gasteiger partial charge in [-0.25, -0.2) is 4.98 Å². The summed E-state index contributed by atoms with van der Waals surface area (Å²) >= 11 is 7.69. The Hall–Kier alpha value is -1.86. The largest absolute Gasteiger partial charge is 0.379 e. The molecule has 0 bridgehead atoms. The Morgan fingerprint density at radius 3 is 2.72 bits per heavy atom. The third-order valence-electron chi connectivity index (χ3n) is 5.04. The summed E-state index contributed by atoms with van der Waals surface area (Å²) < 4.78 is 7.24. The van der Waals surface area contributed by atoms with Gasteiger partial charge in [0.15, 0.2) is 5.16 Å². The topological polar surface area (TPSA) is 47.4 Å². The highest BCUT2D eigenvalue weighted by Crippen LogP contribution is 2.24. The van der Waals surface area contributed by atoms with E-state index in [1.165, 1.54) is 0 Å². The number of hydrogen-bond donors (Lipinski definition) is 0. The molecule has 0 radical (unpaired) electrons. The van der Waals surface area contributed by atoms with Gasteiger partial charge < -0.3 is 4.74 Å². The van der Waals surface area contributed by atoms with Crippen molar-refractivity contribution in [2.45, 2.75) is 23.9 Å². The minimum absolute atomic E-state index is 0.0335. The molecule has 0 N–H and O–H groups in total. The Labute approximate surface area is 179 Å². The van der Waals surface area contributed by atoms with E-state index >= 15 is 0 Å². The first kappa shape index (κ1) is 20.4. The van der Waals surface area contributed by atoms with Gasteiger partial charge in [0.1, 0.15) is 0 Å². The molecule has 2 aromatic carbocycles. The molecule has 1 aliphatic rings. The molecule has 1 saturated heterocycles. The van der Waals surface area contributed by atoms with Crippen LogP contribution in [0.4, 0.5) is 0 Å². The Morgan fingerprint density at radius 1 is 1.07 bits per heavy atom. The third kappa shape index (κ3) is 5.20. The van der Waals surface area contributed by atoms with Gasteiger partial charge in [0.05, 0.1) is 24.1 Å². The molecular formula is C22H24ClN3O2S. The van der Waals surface area contributed by atoms with Crippen molar-refractivity contribution in [3.05, 3.63) is 69.5 Å². The molecule has 2 heterocycles. The molecule has 0 amide bonds. The molecule has 0 aliphatic carbocycles. The predicted octanol–water partition coefficient (Wildman–Crippen LogP) is 4.06. The summed E-state index contributed by atoms with van der Waals surface area (Å²) in [5.41, 5.74) is 1.89. The lowest BCUT2D eigenvalue weighted by Gasteiger charge is -2.26. The minimum atomic E-state index is 0.0335.